The molecule has 3 rings (SSSR count). The van der Waals surface area contributed by atoms with Crippen molar-refractivity contribution < 1.29 is 14.3 Å². The highest BCUT2D eigenvalue weighted by Gasteiger charge is 2.13. The number of benzene rings is 2. The van der Waals surface area contributed by atoms with Crippen molar-refractivity contribution in [3.8, 4) is 0 Å². The van der Waals surface area contributed by atoms with Crippen LogP contribution >= 0.6 is 11.6 Å². The lowest BCUT2D eigenvalue weighted by Gasteiger charge is -2.04. The van der Waals surface area contributed by atoms with E-state index in [1.807, 2.05) is 0 Å². The second-order valence-corrected chi connectivity index (χ2v) is 4.53. The molecule has 7 heteroatoms. The van der Waals surface area contributed by atoms with Gasteiger partial charge >= 0.3 is 0 Å². The molecule has 1 aromatic heterocycles. The first-order valence-corrected chi connectivity index (χ1v) is 6.08. The Bertz CT molecular complexity index is 783. The number of rotatable bonds is 2. The number of fused-ring (bicyclic) bond motifs is 1. The van der Waals surface area contributed by atoms with Crippen LogP contribution in [-0.2, 0) is 0 Å². The Hall–Kier alpha value is -2.60. The van der Waals surface area contributed by atoms with E-state index in [1.54, 1.807) is 24.3 Å². The summed E-state index contributed by atoms with van der Waals surface area (Å²) in [6.07, 6.45) is 0. The second-order valence-electron chi connectivity index (χ2n) is 4.09. The van der Waals surface area contributed by atoms with Crippen LogP contribution in [0, 0.1) is 5.21 Å². The molecule has 0 bridgehead atoms. The Morgan fingerprint density at radius 2 is 2.00 bits per heavy atom. The quantitative estimate of drug-likeness (QED) is 0.734. The van der Waals surface area contributed by atoms with E-state index >= 15 is 0 Å². The molecule has 1 N–H and O–H groups in total. The van der Waals surface area contributed by atoms with Crippen LogP contribution < -0.4 is 10.2 Å². The van der Waals surface area contributed by atoms with Gasteiger partial charge in [0, 0.05) is 27.5 Å². The summed E-state index contributed by atoms with van der Waals surface area (Å²) < 4.78 is 4.45. The molecule has 0 aliphatic heterocycles. The summed E-state index contributed by atoms with van der Waals surface area (Å²) in [5, 5.41) is 18.0. The Balaban J connectivity index is 1.86. The van der Waals surface area contributed by atoms with Crippen molar-refractivity contribution in [1.82, 2.24) is 5.16 Å². The molecule has 1 amide bonds. The molecular formula is C13H8ClN3O3. The lowest BCUT2D eigenvalue weighted by atomic mass is 10.2. The zero-order chi connectivity index (χ0) is 14.1. The van der Waals surface area contributed by atoms with E-state index in [0.29, 0.717) is 21.8 Å². The van der Waals surface area contributed by atoms with Gasteiger partial charge in [-0.2, -0.15) is 0 Å². The highest BCUT2D eigenvalue weighted by atomic mass is 35.5. The largest absolute Gasteiger partial charge is 0.359 e. The molecule has 2 aromatic carbocycles. The van der Waals surface area contributed by atoms with Gasteiger partial charge in [-0.1, -0.05) is 11.6 Å². The van der Waals surface area contributed by atoms with Crippen molar-refractivity contribution in [2.45, 2.75) is 0 Å². The Morgan fingerprint density at radius 1 is 1.25 bits per heavy atom. The highest BCUT2D eigenvalue weighted by Crippen LogP contribution is 2.16. The lowest BCUT2D eigenvalue weighted by Crippen LogP contribution is -2.22. The van der Waals surface area contributed by atoms with Crippen LogP contribution in [-0.4, -0.2) is 11.1 Å². The monoisotopic (exact) mass is 289 g/mol. The van der Waals surface area contributed by atoms with E-state index in [0.717, 1.165) is 0 Å². The SMILES string of the molecule is O=C(Nc1ccc(Cl)cc1)c1ccc2c(c1)no[n+]2[O-]. The van der Waals surface area contributed by atoms with Crippen LogP contribution in [0.4, 0.5) is 5.69 Å². The van der Waals surface area contributed by atoms with Gasteiger partial charge in [-0.25, -0.2) is 0 Å². The fraction of sp³-hybridized carbons (Fsp3) is 0. The summed E-state index contributed by atoms with van der Waals surface area (Å²) in [5.41, 5.74) is 1.59. The molecule has 6 nitrogen and oxygen atoms in total. The summed E-state index contributed by atoms with van der Waals surface area (Å²) in [6, 6.07) is 11.2. The number of carbonyl (C=O) groups is 1. The van der Waals surface area contributed by atoms with E-state index in [2.05, 4.69) is 15.1 Å². The van der Waals surface area contributed by atoms with Gasteiger partial charge < -0.3 is 10.5 Å². The normalized spacial score (nSPS) is 10.7. The zero-order valence-electron chi connectivity index (χ0n) is 10.0. The van der Waals surface area contributed by atoms with Gasteiger partial charge in [0.05, 0.1) is 0 Å². The van der Waals surface area contributed by atoms with Crippen LogP contribution in [0.3, 0.4) is 0 Å². The van der Waals surface area contributed by atoms with E-state index in [-0.39, 0.29) is 16.3 Å². The number of hydrogen-bond donors (Lipinski definition) is 1. The molecule has 1 heterocycles. The fourth-order valence-electron chi connectivity index (χ4n) is 1.75. The lowest BCUT2D eigenvalue weighted by molar-refractivity contribution is -0.782. The molecule has 20 heavy (non-hydrogen) atoms. The maximum atomic E-state index is 12.1. The van der Waals surface area contributed by atoms with Crippen molar-refractivity contribution >= 4 is 34.2 Å². The Kier molecular flexibility index (Phi) is 3.00. The third-order valence-corrected chi connectivity index (χ3v) is 3.00. The van der Waals surface area contributed by atoms with Gasteiger partial charge in [0.15, 0.2) is 0 Å². The standard InChI is InChI=1S/C13H8ClN3O3/c14-9-2-4-10(5-3-9)15-13(18)8-1-6-12-11(7-8)16-20-17(12)19/h1-7H,(H,15,18). The number of aromatic nitrogens is 2. The fourth-order valence-corrected chi connectivity index (χ4v) is 1.88. The maximum absolute atomic E-state index is 12.1. The molecule has 0 unspecified atom stereocenters. The highest BCUT2D eigenvalue weighted by molar-refractivity contribution is 6.30. The van der Waals surface area contributed by atoms with Gasteiger partial charge in [-0.3, -0.25) is 9.42 Å². The number of halogens is 1. The minimum atomic E-state index is -0.310. The molecule has 0 spiro atoms. The number of hydrogen-bond acceptors (Lipinski definition) is 4. The first-order chi connectivity index (χ1) is 9.63. The predicted octanol–water partition coefficient (Wildman–Crippen LogP) is 2.37. The molecule has 0 aliphatic carbocycles. The van der Waals surface area contributed by atoms with Gasteiger partial charge in [-0.05, 0) is 41.3 Å². The molecule has 0 saturated carbocycles. The van der Waals surface area contributed by atoms with Crippen molar-refractivity contribution in [2.24, 2.45) is 0 Å². The predicted molar refractivity (Wildman–Crippen MR) is 72.4 cm³/mol. The van der Waals surface area contributed by atoms with E-state index in [9.17, 15) is 10.0 Å². The van der Waals surface area contributed by atoms with Crippen LogP contribution in [0.2, 0.25) is 5.02 Å². The first kappa shape index (κ1) is 12.4. The molecular weight excluding hydrogens is 282 g/mol. The van der Waals surface area contributed by atoms with E-state index in [4.69, 9.17) is 11.6 Å². The second kappa shape index (κ2) is 4.82. The van der Waals surface area contributed by atoms with Crippen molar-refractivity contribution in [1.29, 1.82) is 0 Å². The van der Waals surface area contributed by atoms with E-state index < -0.39 is 0 Å². The molecule has 100 valence electrons. The third-order valence-electron chi connectivity index (χ3n) is 2.75. The third kappa shape index (κ3) is 2.28. The summed E-state index contributed by atoms with van der Waals surface area (Å²) in [4.78, 5) is 12.3. The van der Waals surface area contributed by atoms with Gasteiger partial charge in [0.25, 0.3) is 5.91 Å². The summed E-state index contributed by atoms with van der Waals surface area (Å²) >= 11 is 5.77. The number of nitrogens with zero attached hydrogens (tertiary/aromatic N) is 2. The van der Waals surface area contributed by atoms with Crippen molar-refractivity contribution in [2.75, 3.05) is 5.32 Å². The average molecular weight is 290 g/mol. The van der Waals surface area contributed by atoms with Crippen LogP contribution in [0.15, 0.2) is 47.1 Å². The Morgan fingerprint density at radius 3 is 2.75 bits per heavy atom. The topological polar surface area (TPSA) is 82.1 Å². The number of carbonyl (C=O) groups excluding carboxylic acids is 1. The molecule has 0 fully saturated rings. The minimum Gasteiger partial charge on any atom is -0.359 e. The summed E-state index contributed by atoms with van der Waals surface area (Å²) in [5.74, 6) is -0.310. The summed E-state index contributed by atoms with van der Waals surface area (Å²) in [7, 11) is 0. The minimum absolute atomic E-state index is 0.271. The Labute approximate surface area is 118 Å². The summed E-state index contributed by atoms with van der Waals surface area (Å²) in [6.45, 7) is 0. The maximum Gasteiger partial charge on any atom is 0.255 e. The van der Waals surface area contributed by atoms with Gasteiger partial charge in [0.2, 0.25) is 11.0 Å². The number of anilines is 1. The molecule has 0 saturated heterocycles. The average Bonchev–Trinajstić information content (AvgIpc) is 2.82. The molecule has 3 aromatic rings. The van der Waals surface area contributed by atoms with Crippen molar-refractivity contribution in [3.63, 3.8) is 0 Å². The smallest absolute Gasteiger partial charge is 0.255 e. The molecule has 0 atom stereocenters. The van der Waals surface area contributed by atoms with Crippen LogP contribution in [0.1, 0.15) is 10.4 Å². The van der Waals surface area contributed by atoms with Crippen LogP contribution in [0.5, 0.6) is 0 Å². The number of nitrogens with one attached hydrogen (secondary N) is 1. The van der Waals surface area contributed by atoms with Crippen molar-refractivity contribution in [3.05, 3.63) is 58.3 Å². The molecule has 0 radical (unpaired) electrons. The van der Waals surface area contributed by atoms with Gasteiger partial charge in [0.1, 0.15) is 0 Å². The zero-order valence-corrected chi connectivity index (χ0v) is 10.8. The van der Waals surface area contributed by atoms with E-state index in [1.165, 1.54) is 18.2 Å². The van der Waals surface area contributed by atoms with Crippen LogP contribution in [0.25, 0.3) is 11.0 Å². The van der Waals surface area contributed by atoms with Gasteiger partial charge in [-0.15, -0.1) is 0 Å². The first-order valence-electron chi connectivity index (χ1n) is 5.70. The molecule has 0 aliphatic rings. The number of amides is 1.